The highest BCUT2D eigenvalue weighted by molar-refractivity contribution is 5.66. The van der Waals surface area contributed by atoms with E-state index in [1.165, 1.54) is 12.1 Å². The lowest BCUT2D eigenvalue weighted by molar-refractivity contribution is 0.627. The molecule has 0 fully saturated rings. The lowest BCUT2D eigenvalue weighted by atomic mass is 10.0. The molecule has 0 saturated heterocycles. The van der Waals surface area contributed by atoms with Gasteiger partial charge >= 0.3 is 0 Å². The minimum Gasteiger partial charge on any atom is -0.370 e. The van der Waals surface area contributed by atoms with Crippen molar-refractivity contribution < 1.29 is 4.39 Å². The number of nitrogens with one attached hydrogen (secondary N) is 1. The number of hydrogen-bond donors (Lipinski definition) is 1. The zero-order chi connectivity index (χ0) is 14.7. The van der Waals surface area contributed by atoms with E-state index in [1.807, 2.05) is 19.9 Å². The summed E-state index contributed by atoms with van der Waals surface area (Å²) in [5.74, 6) is 1.62. The largest absolute Gasteiger partial charge is 0.370 e. The van der Waals surface area contributed by atoms with Crippen LogP contribution in [0.25, 0.3) is 11.3 Å². The van der Waals surface area contributed by atoms with E-state index < -0.39 is 0 Å². The second-order valence-corrected chi connectivity index (χ2v) is 5.14. The van der Waals surface area contributed by atoms with Crippen LogP contribution in [0.2, 0.25) is 0 Å². The fourth-order valence-corrected chi connectivity index (χ4v) is 2.05. The molecule has 2 rings (SSSR count). The molecule has 0 radical (unpaired) electrons. The molecule has 4 heteroatoms. The minimum atomic E-state index is -0.226. The highest BCUT2D eigenvalue weighted by Gasteiger charge is 2.11. The maximum atomic E-state index is 13.2. The van der Waals surface area contributed by atoms with E-state index in [0.29, 0.717) is 0 Å². The molecule has 2 aromatic rings. The third-order valence-electron chi connectivity index (χ3n) is 3.08. The predicted octanol–water partition coefficient (Wildman–Crippen LogP) is 4.15. The topological polar surface area (TPSA) is 37.8 Å². The van der Waals surface area contributed by atoms with E-state index in [2.05, 4.69) is 29.1 Å². The number of aryl methyl sites for hydroxylation is 1. The molecule has 20 heavy (non-hydrogen) atoms. The molecule has 0 aliphatic carbocycles. The number of hydrogen-bond acceptors (Lipinski definition) is 3. The number of nitrogens with zero attached hydrogens (tertiary/aromatic N) is 2. The first-order valence-electron chi connectivity index (χ1n) is 6.90. The molecular formula is C16H20FN3. The van der Waals surface area contributed by atoms with E-state index in [0.717, 1.165) is 35.0 Å². The molecule has 106 valence electrons. The van der Waals surface area contributed by atoms with Crippen molar-refractivity contribution in [1.82, 2.24) is 9.97 Å². The molecule has 0 unspecified atom stereocenters. The monoisotopic (exact) mass is 273 g/mol. The second-order valence-electron chi connectivity index (χ2n) is 5.14. The predicted molar refractivity (Wildman–Crippen MR) is 80.4 cm³/mol. The number of aromatic nitrogens is 2. The molecular weight excluding hydrogens is 253 g/mol. The first-order valence-corrected chi connectivity index (χ1v) is 6.90. The van der Waals surface area contributed by atoms with Crippen LogP contribution in [0, 0.1) is 12.7 Å². The zero-order valence-corrected chi connectivity index (χ0v) is 12.4. The molecule has 0 aliphatic rings. The summed E-state index contributed by atoms with van der Waals surface area (Å²) in [6.07, 6.45) is 0. The van der Waals surface area contributed by atoms with Crippen LogP contribution in [0.15, 0.2) is 24.3 Å². The van der Waals surface area contributed by atoms with Gasteiger partial charge in [0.05, 0.1) is 5.69 Å². The Labute approximate surface area is 119 Å². The molecule has 0 spiro atoms. The van der Waals surface area contributed by atoms with E-state index in [-0.39, 0.29) is 11.7 Å². The Kier molecular flexibility index (Phi) is 4.32. The van der Waals surface area contributed by atoms with Gasteiger partial charge in [0, 0.05) is 24.1 Å². The minimum absolute atomic E-state index is 0.226. The summed E-state index contributed by atoms with van der Waals surface area (Å²) in [5.41, 5.74) is 2.65. The number of halogens is 1. The van der Waals surface area contributed by atoms with Crippen LogP contribution < -0.4 is 5.32 Å². The summed E-state index contributed by atoms with van der Waals surface area (Å²) < 4.78 is 13.2. The number of anilines is 1. The summed E-state index contributed by atoms with van der Waals surface area (Å²) in [6.45, 7) is 8.84. The van der Waals surface area contributed by atoms with Gasteiger partial charge in [-0.05, 0) is 37.6 Å². The van der Waals surface area contributed by atoms with Gasteiger partial charge < -0.3 is 5.32 Å². The maximum Gasteiger partial charge on any atom is 0.133 e. The lowest BCUT2D eigenvalue weighted by Crippen LogP contribution is -2.06. The van der Waals surface area contributed by atoms with Gasteiger partial charge in [0.15, 0.2) is 0 Å². The molecule has 1 heterocycles. The van der Waals surface area contributed by atoms with E-state index in [1.54, 1.807) is 6.07 Å². The Bertz CT molecular complexity index is 609. The zero-order valence-electron chi connectivity index (χ0n) is 12.4. The SMILES string of the molecule is CCNc1cc(-c2ccc(F)cc2C)nc(C(C)C)n1. The van der Waals surface area contributed by atoms with Crippen LogP contribution >= 0.6 is 0 Å². The van der Waals surface area contributed by atoms with Crippen LogP contribution in [0.1, 0.15) is 38.1 Å². The number of benzene rings is 1. The van der Waals surface area contributed by atoms with E-state index >= 15 is 0 Å². The Morgan fingerprint density at radius 2 is 1.95 bits per heavy atom. The fraction of sp³-hybridized carbons (Fsp3) is 0.375. The van der Waals surface area contributed by atoms with Gasteiger partial charge in [-0.3, -0.25) is 0 Å². The van der Waals surface area contributed by atoms with E-state index in [4.69, 9.17) is 0 Å². The van der Waals surface area contributed by atoms with Crippen molar-refractivity contribution in [2.24, 2.45) is 0 Å². The fourth-order valence-electron chi connectivity index (χ4n) is 2.05. The van der Waals surface area contributed by atoms with Crippen LogP contribution in [-0.2, 0) is 0 Å². The molecule has 1 aromatic carbocycles. The number of rotatable bonds is 4. The summed E-state index contributed by atoms with van der Waals surface area (Å²) >= 11 is 0. The summed E-state index contributed by atoms with van der Waals surface area (Å²) in [5, 5.41) is 3.22. The first-order chi connectivity index (χ1) is 9.51. The Hall–Kier alpha value is -1.97. The molecule has 0 amide bonds. The van der Waals surface area contributed by atoms with Gasteiger partial charge in [-0.1, -0.05) is 13.8 Å². The van der Waals surface area contributed by atoms with Crippen LogP contribution in [0.4, 0.5) is 10.2 Å². The van der Waals surface area contributed by atoms with Crippen molar-refractivity contribution in [2.45, 2.75) is 33.6 Å². The standard InChI is InChI=1S/C16H20FN3/c1-5-18-15-9-14(19-16(20-15)10(2)3)13-7-6-12(17)8-11(13)4/h6-10H,5H2,1-4H3,(H,18,19,20). The third kappa shape index (κ3) is 3.13. The average molecular weight is 273 g/mol. The highest BCUT2D eigenvalue weighted by Crippen LogP contribution is 2.25. The quantitative estimate of drug-likeness (QED) is 0.909. The molecule has 1 N–H and O–H groups in total. The van der Waals surface area contributed by atoms with Crippen molar-refractivity contribution in [3.8, 4) is 11.3 Å². The van der Waals surface area contributed by atoms with Gasteiger partial charge in [-0.15, -0.1) is 0 Å². The second kappa shape index (κ2) is 5.99. The molecule has 3 nitrogen and oxygen atoms in total. The van der Waals surface area contributed by atoms with Crippen molar-refractivity contribution in [1.29, 1.82) is 0 Å². The molecule has 0 atom stereocenters. The average Bonchev–Trinajstić information content (AvgIpc) is 2.38. The third-order valence-corrected chi connectivity index (χ3v) is 3.08. The van der Waals surface area contributed by atoms with Crippen LogP contribution in [-0.4, -0.2) is 16.5 Å². The Morgan fingerprint density at radius 1 is 1.20 bits per heavy atom. The first kappa shape index (κ1) is 14.4. The summed E-state index contributed by atoms with van der Waals surface area (Å²) in [6, 6.07) is 6.67. The van der Waals surface area contributed by atoms with Crippen molar-refractivity contribution >= 4 is 5.82 Å². The van der Waals surface area contributed by atoms with Crippen LogP contribution in [0.3, 0.4) is 0 Å². The molecule has 0 saturated carbocycles. The highest BCUT2D eigenvalue weighted by atomic mass is 19.1. The Balaban J connectivity index is 2.54. The maximum absolute atomic E-state index is 13.2. The normalized spacial score (nSPS) is 10.9. The van der Waals surface area contributed by atoms with Gasteiger partial charge in [-0.25, -0.2) is 14.4 Å². The molecule has 1 aromatic heterocycles. The van der Waals surface area contributed by atoms with Crippen molar-refractivity contribution in [3.05, 3.63) is 41.5 Å². The lowest BCUT2D eigenvalue weighted by Gasteiger charge is -2.12. The van der Waals surface area contributed by atoms with Gasteiger partial charge in [0.2, 0.25) is 0 Å². The van der Waals surface area contributed by atoms with E-state index in [9.17, 15) is 4.39 Å². The van der Waals surface area contributed by atoms with Crippen molar-refractivity contribution in [3.63, 3.8) is 0 Å². The smallest absolute Gasteiger partial charge is 0.133 e. The molecule has 0 aliphatic heterocycles. The Morgan fingerprint density at radius 3 is 2.55 bits per heavy atom. The molecule has 0 bridgehead atoms. The van der Waals surface area contributed by atoms with Gasteiger partial charge in [0.25, 0.3) is 0 Å². The summed E-state index contributed by atoms with van der Waals surface area (Å²) in [7, 11) is 0. The van der Waals surface area contributed by atoms with Gasteiger partial charge in [0.1, 0.15) is 17.5 Å². The van der Waals surface area contributed by atoms with Gasteiger partial charge in [-0.2, -0.15) is 0 Å². The van der Waals surface area contributed by atoms with Crippen molar-refractivity contribution in [2.75, 3.05) is 11.9 Å². The van der Waals surface area contributed by atoms with Crippen LogP contribution in [0.5, 0.6) is 0 Å². The summed E-state index contributed by atoms with van der Waals surface area (Å²) in [4.78, 5) is 9.10.